The van der Waals surface area contributed by atoms with Crippen LogP contribution in [-0.2, 0) is 18.3 Å². The average molecular weight is 430 g/mol. The molecule has 1 fully saturated rings. The second-order valence-electron chi connectivity index (χ2n) is 7.32. The van der Waals surface area contributed by atoms with Gasteiger partial charge >= 0.3 is 0 Å². The summed E-state index contributed by atoms with van der Waals surface area (Å²) in [5, 5.41) is 10.8. The molecule has 1 amide bonds. The molecule has 9 heteroatoms. The summed E-state index contributed by atoms with van der Waals surface area (Å²) in [4.78, 5) is 19.2. The molecule has 2 aromatic heterocycles. The van der Waals surface area contributed by atoms with Crippen molar-refractivity contribution in [1.82, 2.24) is 34.9 Å². The van der Waals surface area contributed by atoms with Gasteiger partial charge in [-0.1, -0.05) is 18.2 Å². The van der Waals surface area contributed by atoms with Gasteiger partial charge in [0.25, 0.3) is 0 Å². The molecule has 0 bridgehead atoms. The number of nitrogens with zero attached hydrogens (tertiary/aromatic N) is 5. The molecule has 4 rings (SSSR count). The molecule has 1 aliphatic rings. The predicted molar refractivity (Wildman–Crippen MR) is 118 cm³/mol. The van der Waals surface area contributed by atoms with E-state index in [1.165, 1.54) is 0 Å². The van der Waals surface area contributed by atoms with Crippen LogP contribution in [0.1, 0.15) is 17.4 Å². The molecule has 1 aromatic carbocycles. The number of carbonyl (C=O) groups excluding carboxylic acids is 1. The van der Waals surface area contributed by atoms with E-state index in [1.807, 2.05) is 65.2 Å². The number of para-hydroxylation sites is 1. The molecule has 3 aromatic rings. The van der Waals surface area contributed by atoms with Gasteiger partial charge in [-0.05, 0) is 24.1 Å². The van der Waals surface area contributed by atoms with Crippen molar-refractivity contribution in [3.8, 4) is 5.69 Å². The average Bonchev–Trinajstić information content (AvgIpc) is 3.38. The van der Waals surface area contributed by atoms with Crippen LogP contribution >= 0.6 is 12.4 Å². The Hall–Kier alpha value is -2.68. The maximum absolute atomic E-state index is 12.5. The lowest BCUT2D eigenvalue weighted by Gasteiger charge is -2.35. The molecule has 8 nitrogen and oxygen atoms in total. The molecule has 1 aliphatic heterocycles. The highest BCUT2D eigenvalue weighted by Gasteiger charge is 2.28. The van der Waals surface area contributed by atoms with E-state index in [9.17, 15) is 4.79 Å². The third kappa shape index (κ3) is 5.27. The highest BCUT2D eigenvalue weighted by Crippen LogP contribution is 2.19. The molecule has 0 spiro atoms. The SMILES string of the molecule is Cl.Cn1ccnc1C1CNCCN1CC(=O)NCCc1cnn(-c2ccccc2)c1. The summed E-state index contributed by atoms with van der Waals surface area (Å²) >= 11 is 0. The van der Waals surface area contributed by atoms with Crippen LogP contribution in [0.4, 0.5) is 0 Å². The number of aromatic nitrogens is 4. The number of nitrogens with one attached hydrogen (secondary N) is 2. The number of imidazole rings is 1. The molecular formula is C21H28ClN7O. The lowest BCUT2D eigenvalue weighted by Crippen LogP contribution is -2.50. The summed E-state index contributed by atoms with van der Waals surface area (Å²) in [6, 6.07) is 10.1. The van der Waals surface area contributed by atoms with Crippen molar-refractivity contribution >= 4 is 18.3 Å². The van der Waals surface area contributed by atoms with Crippen LogP contribution in [0.25, 0.3) is 5.69 Å². The lowest BCUT2D eigenvalue weighted by molar-refractivity contribution is -0.123. The van der Waals surface area contributed by atoms with E-state index in [1.54, 1.807) is 6.20 Å². The number of hydrogen-bond donors (Lipinski definition) is 2. The largest absolute Gasteiger partial charge is 0.355 e. The van der Waals surface area contributed by atoms with Crippen molar-refractivity contribution in [2.75, 3.05) is 32.7 Å². The summed E-state index contributed by atoms with van der Waals surface area (Å²) in [7, 11) is 1.99. The zero-order valence-corrected chi connectivity index (χ0v) is 17.9. The molecule has 30 heavy (non-hydrogen) atoms. The van der Waals surface area contributed by atoms with Crippen LogP contribution in [0.2, 0.25) is 0 Å². The van der Waals surface area contributed by atoms with Gasteiger partial charge in [0.05, 0.1) is 24.5 Å². The van der Waals surface area contributed by atoms with Crippen LogP contribution in [-0.4, -0.2) is 62.9 Å². The van der Waals surface area contributed by atoms with Crippen molar-refractivity contribution in [2.24, 2.45) is 7.05 Å². The maximum atomic E-state index is 12.5. The lowest BCUT2D eigenvalue weighted by atomic mass is 10.1. The molecule has 0 saturated carbocycles. The van der Waals surface area contributed by atoms with E-state index >= 15 is 0 Å². The van der Waals surface area contributed by atoms with Gasteiger partial charge in [0.2, 0.25) is 5.91 Å². The van der Waals surface area contributed by atoms with Crippen LogP contribution in [0, 0.1) is 0 Å². The smallest absolute Gasteiger partial charge is 0.234 e. The highest BCUT2D eigenvalue weighted by atomic mass is 35.5. The number of hydrogen-bond acceptors (Lipinski definition) is 5. The Balaban J connectivity index is 0.00000256. The third-order valence-corrected chi connectivity index (χ3v) is 5.25. The fraction of sp³-hybridized carbons (Fsp3) is 0.381. The summed E-state index contributed by atoms with van der Waals surface area (Å²) < 4.78 is 3.88. The predicted octanol–water partition coefficient (Wildman–Crippen LogP) is 1.33. The van der Waals surface area contributed by atoms with Gasteiger partial charge < -0.3 is 15.2 Å². The molecule has 1 unspecified atom stereocenters. The fourth-order valence-corrected chi connectivity index (χ4v) is 3.69. The van der Waals surface area contributed by atoms with Crippen LogP contribution in [0.3, 0.4) is 0 Å². The Bertz CT molecular complexity index is 940. The van der Waals surface area contributed by atoms with Gasteiger partial charge in [-0.2, -0.15) is 5.10 Å². The van der Waals surface area contributed by atoms with E-state index in [4.69, 9.17) is 0 Å². The topological polar surface area (TPSA) is 80.0 Å². The van der Waals surface area contributed by atoms with E-state index in [2.05, 4.69) is 25.6 Å². The quantitative estimate of drug-likeness (QED) is 0.592. The Morgan fingerprint density at radius 3 is 2.90 bits per heavy atom. The van der Waals surface area contributed by atoms with E-state index in [0.717, 1.165) is 43.1 Å². The number of halogens is 1. The zero-order valence-electron chi connectivity index (χ0n) is 17.1. The van der Waals surface area contributed by atoms with Crippen molar-refractivity contribution in [2.45, 2.75) is 12.5 Å². The minimum atomic E-state index is 0. The number of amides is 1. The molecule has 3 heterocycles. The van der Waals surface area contributed by atoms with E-state index < -0.39 is 0 Å². The maximum Gasteiger partial charge on any atom is 0.234 e. The van der Waals surface area contributed by atoms with Crippen molar-refractivity contribution < 1.29 is 4.79 Å². The minimum absolute atomic E-state index is 0. The van der Waals surface area contributed by atoms with Crippen molar-refractivity contribution in [1.29, 1.82) is 0 Å². The molecule has 1 saturated heterocycles. The summed E-state index contributed by atoms with van der Waals surface area (Å²) in [5.74, 6) is 1.03. The van der Waals surface area contributed by atoms with Crippen LogP contribution in [0.5, 0.6) is 0 Å². The Morgan fingerprint density at radius 1 is 1.30 bits per heavy atom. The molecule has 0 radical (unpaired) electrons. The van der Waals surface area contributed by atoms with Crippen LogP contribution in [0.15, 0.2) is 55.1 Å². The highest BCUT2D eigenvalue weighted by molar-refractivity contribution is 5.85. The number of rotatable bonds is 7. The van der Waals surface area contributed by atoms with Gasteiger partial charge in [-0.25, -0.2) is 9.67 Å². The Labute approximate surface area is 182 Å². The Morgan fingerprint density at radius 2 is 2.13 bits per heavy atom. The number of benzene rings is 1. The van der Waals surface area contributed by atoms with Gasteiger partial charge in [0, 0.05) is 51.8 Å². The van der Waals surface area contributed by atoms with Gasteiger partial charge in [0.15, 0.2) is 0 Å². The Kier molecular flexibility index (Phi) is 7.62. The molecule has 160 valence electrons. The molecule has 0 aliphatic carbocycles. The first-order chi connectivity index (χ1) is 14.2. The molecule has 1 atom stereocenters. The van der Waals surface area contributed by atoms with Gasteiger partial charge in [0.1, 0.15) is 5.82 Å². The monoisotopic (exact) mass is 429 g/mol. The van der Waals surface area contributed by atoms with E-state index in [0.29, 0.717) is 13.1 Å². The second-order valence-corrected chi connectivity index (χ2v) is 7.32. The number of aryl methyl sites for hydroxylation is 1. The van der Waals surface area contributed by atoms with Gasteiger partial charge in [-0.15, -0.1) is 12.4 Å². The minimum Gasteiger partial charge on any atom is -0.355 e. The van der Waals surface area contributed by atoms with Crippen LogP contribution < -0.4 is 10.6 Å². The first kappa shape index (κ1) is 22.0. The number of piperazine rings is 1. The third-order valence-electron chi connectivity index (χ3n) is 5.25. The summed E-state index contributed by atoms with van der Waals surface area (Å²) in [5.41, 5.74) is 2.13. The fourth-order valence-electron chi connectivity index (χ4n) is 3.69. The standard InChI is InChI=1S/C21H27N7O.ClH/c1-26-11-10-24-21(26)19-14-22-9-12-27(19)16-20(29)23-8-7-17-13-25-28(15-17)18-5-3-2-4-6-18;/h2-6,10-11,13,15,19,22H,7-9,12,14,16H2,1H3,(H,23,29);1H. The van der Waals surface area contributed by atoms with Gasteiger partial charge in [-0.3, -0.25) is 9.69 Å². The summed E-state index contributed by atoms with van der Waals surface area (Å²) in [6.07, 6.45) is 8.36. The normalized spacial score (nSPS) is 16.8. The molecule has 2 N–H and O–H groups in total. The van der Waals surface area contributed by atoms with E-state index in [-0.39, 0.29) is 24.4 Å². The number of carbonyl (C=O) groups is 1. The summed E-state index contributed by atoms with van der Waals surface area (Å²) in [6.45, 7) is 3.49. The first-order valence-corrected chi connectivity index (χ1v) is 9.98. The molecular weight excluding hydrogens is 402 g/mol. The second kappa shape index (κ2) is 10.4. The van der Waals surface area contributed by atoms with Crippen molar-refractivity contribution in [3.05, 3.63) is 66.5 Å². The van der Waals surface area contributed by atoms with Crippen molar-refractivity contribution in [3.63, 3.8) is 0 Å². The zero-order chi connectivity index (χ0) is 20.1. The first-order valence-electron chi connectivity index (χ1n) is 9.98.